The van der Waals surface area contributed by atoms with E-state index < -0.39 is 0 Å². The van der Waals surface area contributed by atoms with Gasteiger partial charge in [-0.05, 0) is 18.8 Å². The number of hydrogen-bond acceptors (Lipinski definition) is 4. The summed E-state index contributed by atoms with van der Waals surface area (Å²) in [5, 5.41) is 3.15. The fourth-order valence-corrected chi connectivity index (χ4v) is 3.49. The van der Waals surface area contributed by atoms with Crippen molar-refractivity contribution in [3.63, 3.8) is 0 Å². The summed E-state index contributed by atoms with van der Waals surface area (Å²) in [6.45, 7) is 6.65. The van der Waals surface area contributed by atoms with E-state index in [2.05, 4.69) is 17.1 Å². The van der Waals surface area contributed by atoms with E-state index in [1.807, 2.05) is 0 Å². The van der Waals surface area contributed by atoms with Gasteiger partial charge in [0, 0.05) is 45.8 Å². The Morgan fingerprint density at radius 3 is 2.86 bits per heavy atom. The molecule has 2 fully saturated rings. The standard InChI is InChI=1S/C16H29N3O3/c1-3-5-13-10-18(8-9-22-2)11-14(13)17-15(20)12-19-7-4-6-16(19)21/h13-14H,3-12H2,1-2H3,(H,17,20)/t13-,14-/m0/s1. The lowest BCUT2D eigenvalue weighted by Crippen LogP contribution is -2.45. The van der Waals surface area contributed by atoms with Crippen molar-refractivity contribution in [3.05, 3.63) is 0 Å². The average Bonchev–Trinajstić information content (AvgIpc) is 3.05. The zero-order chi connectivity index (χ0) is 15.9. The molecule has 0 radical (unpaired) electrons. The number of hydrogen-bond donors (Lipinski definition) is 1. The quantitative estimate of drug-likeness (QED) is 0.708. The van der Waals surface area contributed by atoms with Crippen molar-refractivity contribution in [2.45, 2.75) is 38.6 Å². The molecule has 2 aliphatic rings. The molecule has 0 saturated carbocycles. The molecule has 0 spiro atoms. The second-order valence-corrected chi connectivity index (χ2v) is 6.39. The van der Waals surface area contributed by atoms with Crippen molar-refractivity contribution < 1.29 is 14.3 Å². The van der Waals surface area contributed by atoms with Gasteiger partial charge in [0.15, 0.2) is 0 Å². The minimum atomic E-state index is -0.0186. The molecule has 0 aromatic carbocycles. The van der Waals surface area contributed by atoms with Gasteiger partial charge in [-0.25, -0.2) is 0 Å². The fraction of sp³-hybridized carbons (Fsp3) is 0.875. The van der Waals surface area contributed by atoms with Crippen LogP contribution in [0.15, 0.2) is 0 Å². The molecule has 1 N–H and O–H groups in total. The molecule has 2 heterocycles. The number of nitrogens with zero attached hydrogens (tertiary/aromatic N) is 2. The Kier molecular flexibility index (Phi) is 6.64. The van der Waals surface area contributed by atoms with Crippen molar-refractivity contribution in [2.75, 3.05) is 46.4 Å². The first-order chi connectivity index (χ1) is 10.6. The highest BCUT2D eigenvalue weighted by atomic mass is 16.5. The van der Waals surface area contributed by atoms with Crippen LogP contribution in [0.3, 0.4) is 0 Å². The van der Waals surface area contributed by atoms with Crippen LogP contribution in [-0.2, 0) is 14.3 Å². The Bertz CT molecular complexity index is 389. The van der Waals surface area contributed by atoms with Crippen LogP contribution in [0, 0.1) is 5.92 Å². The number of carbonyl (C=O) groups excluding carboxylic acids is 2. The van der Waals surface area contributed by atoms with Crippen LogP contribution in [0.2, 0.25) is 0 Å². The van der Waals surface area contributed by atoms with Crippen LogP contribution in [0.25, 0.3) is 0 Å². The molecule has 2 amide bonds. The molecule has 0 aliphatic carbocycles. The Morgan fingerprint density at radius 1 is 1.41 bits per heavy atom. The first-order valence-corrected chi connectivity index (χ1v) is 8.42. The van der Waals surface area contributed by atoms with Crippen LogP contribution >= 0.6 is 0 Å². The van der Waals surface area contributed by atoms with Gasteiger partial charge in [0.05, 0.1) is 13.2 Å². The number of amides is 2. The lowest BCUT2D eigenvalue weighted by Gasteiger charge is -2.21. The maximum atomic E-state index is 12.2. The zero-order valence-corrected chi connectivity index (χ0v) is 13.8. The smallest absolute Gasteiger partial charge is 0.239 e. The summed E-state index contributed by atoms with van der Waals surface area (Å²) in [6.07, 6.45) is 3.70. The van der Waals surface area contributed by atoms with Crippen LogP contribution in [0.5, 0.6) is 0 Å². The molecule has 126 valence electrons. The van der Waals surface area contributed by atoms with Gasteiger partial charge in [-0.2, -0.15) is 0 Å². The molecule has 2 rings (SSSR count). The molecule has 6 nitrogen and oxygen atoms in total. The summed E-state index contributed by atoms with van der Waals surface area (Å²) in [5.41, 5.74) is 0. The van der Waals surface area contributed by atoms with E-state index in [0.717, 1.165) is 52.0 Å². The first-order valence-electron chi connectivity index (χ1n) is 8.42. The van der Waals surface area contributed by atoms with Crippen LogP contribution < -0.4 is 5.32 Å². The zero-order valence-electron chi connectivity index (χ0n) is 13.8. The summed E-state index contributed by atoms with van der Waals surface area (Å²) in [4.78, 5) is 27.9. The van der Waals surface area contributed by atoms with Gasteiger partial charge < -0.3 is 15.0 Å². The molecule has 2 saturated heterocycles. The van der Waals surface area contributed by atoms with Crippen LogP contribution in [0.1, 0.15) is 32.6 Å². The number of ether oxygens (including phenoxy) is 1. The summed E-state index contributed by atoms with van der Waals surface area (Å²) < 4.78 is 5.14. The average molecular weight is 311 g/mol. The molecule has 2 atom stereocenters. The van der Waals surface area contributed by atoms with Crippen molar-refractivity contribution in [2.24, 2.45) is 5.92 Å². The third kappa shape index (κ3) is 4.68. The van der Waals surface area contributed by atoms with E-state index in [0.29, 0.717) is 12.3 Å². The highest BCUT2D eigenvalue weighted by Gasteiger charge is 2.33. The highest BCUT2D eigenvalue weighted by molar-refractivity contribution is 5.86. The topological polar surface area (TPSA) is 61.9 Å². The van der Waals surface area contributed by atoms with Gasteiger partial charge in [-0.1, -0.05) is 13.3 Å². The molecule has 0 bridgehead atoms. The first kappa shape index (κ1) is 17.2. The van der Waals surface area contributed by atoms with Gasteiger partial charge in [0.2, 0.25) is 11.8 Å². The third-order valence-electron chi connectivity index (χ3n) is 4.64. The summed E-state index contributed by atoms with van der Waals surface area (Å²) in [6, 6.07) is 0.196. The Hall–Kier alpha value is -1.14. The van der Waals surface area contributed by atoms with Crippen molar-refractivity contribution in [1.82, 2.24) is 15.1 Å². The number of carbonyl (C=O) groups is 2. The van der Waals surface area contributed by atoms with Crippen molar-refractivity contribution in [3.8, 4) is 0 Å². The number of rotatable bonds is 8. The van der Waals surface area contributed by atoms with Crippen LogP contribution in [-0.4, -0.2) is 74.1 Å². The molecule has 0 aromatic heterocycles. The molecule has 6 heteroatoms. The van der Waals surface area contributed by atoms with Gasteiger partial charge >= 0.3 is 0 Å². The number of methoxy groups -OCH3 is 1. The van der Waals surface area contributed by atoms with E-state index in [4.69, 9.17) is 4.74 Å². The van der Waals surface area contributed by atoms with E-state index in [-0.39, 0.29) is 24.4 Å². The normalized spacial score (nSPS) is 25.9. The minimum Gasteiger partial charge on any atom is -0.383 e. The van der Waals surface area contributed by atoms with Gasteiger partial charge in [0.1, 0.15) is 0 Å². The largest absolute Gasteiger partial charge is 0.383 e. The maximum Gasteiger partial charge on any atom is 0.239 e. The summed E-state index contributed by atoms with van der Waals surface area (Å²) in [5.74, 6) is 0.587. The second-order valence-electron chi connectivity index (χ2n) is 6.39. The van der Waals surface area contributed by atoms with E-state index in [1.165, 1.54) is 0 Å². The van der Waals surface area contributed by atoms with E-state index >= 15 is 0 Å². The molecule has 22 heavy (non-hydrogen) atoms. The molecular formula is C16H29N3O3. The van der Waals surface area contributed by atoms with Crippen LogP contribution in [0.4, 0.5) is 0 Å². The number of nitrogens with one attached hydrogen (secondary N) is 1. The van der Waals surface area contributed by atoms with E-state index in [1.54, 1.807) is 12.0 Å². The Balaban J connectivity index is 1.82. The predicted molar refractivity (Wildman–Crippen MR) is 84.5 cm³/mol. The van der Waals surface area contributed by atoms with Crippen molar-refractivity contribution in [1.29, 1.82) is 0 Å². The van der Waals surface area contributed by atoms with Crippen molar-refractivity contribution >= 4 is 11.8 Å². The molecule has 0 aromatic rings. The summed E-state index contributed by atoms with van der Waals surface area (Å²) in [7, 11) is 1.71. The molecule has 0 unspecified atom stereocenters. The fourth-order valence-electron chi connectivity index (χ4n) is 3.49. The second kappa shape index (κ2) is 8.48. The lowest BCUT2D eigenvalue weighted by molar-refractivity contribution is -0.133. The molecule has 2 aliphatic heterocycles. The maximum absolute atomic E-state index is 12.2. The minimum absolute atomic E-state index is 0.0186. The Labute approximate surface area is 133 Å². The monoisotopic (exact) mass is 311 g/mol. The van der Waals surface area contributed by atoms with Gasteiger partial charge in [-0.3, -0.25) is 14.5 Å². The Morgan fingerprint density at radius 2 is 2.23 bits per heavy atom. The predicted octanol–water partition coefficient (Wildman–Crippen LogP) is 0.472. The third-order valence-corrected chi connectivity index (χ3v) is 4.64. The molecular weight excluding hydrogens is 282 g/mol. The lowest BCUT2D eigenvalue weighted by atomic mass is 9.98. The van der Waals surface area contributed by atoms with Gasteiger partial charge in [0.25, 0.3) is 0 Å². The number of likely N-dealkylation sites (tertiary alicyclic amines) is 2. The SMILES string of the molecule is CCC[C@H]1CN(CCOC)C[C@@H]1NC(=O)CN1CCCC1=O. The highest BCUT2D eigenvalue weighted by Crippen LogP contribution is 2.21. The summed E-state index contributed by atoms with van der Waals surface area (Å²) >= 11 is 0. The van der Waals surface area contributed by atoms with E-state index in [9.17, 15) is 9.59 Å². The van der Waals surface area contributed by atoms with Gasteiger partial charge in [-0.15, -0.1) is 0 Å².